The molecule has 2 heterocycles. The van der Waals surface area contributed by atoms with E-state index >= 15 is 0 Å². The second kappa shape index (κ2) is 8.15. The lowest BCUT2D eigenvalue weighted by Gasteiger charge is -2.23. The van der Waals surface area contributed by atoms with Crippen LogP contribution < -0.4 is 5.32 Å². The Kier molecular flexibility index (Phi) is 5.69. The van der Waals surface area contributed by atoms with Gasteiger partial charge in [0.25, 0.3) is 0 Å². The monoisotopic (exact) mass is 332 g/mol. The number of carbonyl (C=O) groups is 2. The van der Waals surface area contributed by atoms with Crippen LogP contribution in [-0.2, 0) is 20.9 Å². The molecule has 0 spiro atoms. The zero-order chi connectivity index (χ0) is 16.8. The summed E-state index contributed by atoms with van der Waals surface area (Å²) < 4.78 is 10.6. The molecule has 2 fully saturated rings. The fourth-order valence-electron chi connectivity index (χ4n) is 3.13. The minimum absolute atomic E-state index is 0.0182. The minimum Gasteiger partial charge on any atom is -0.445 e. The van der Waals surface area contributed by atoms with Crippen molar-refractivity contribution in [2.45, 2.75) is 31.9 Å². The van der Waals surface area contributed by atoms with Gasteiger partial charge in [0.05, 0.1) is 0 Å². The molecule has 0 aliphatic carbocycles. The van der Waals surface area contributed by atoms with Crippen molar-refractivity contribution in [2.75, 3.05) is 26.3 Å². The summed E-state index contributed by atoms with van der Waals surface area (Å²) in [6, 6.07) is 9.63. The van der Waals surface area contributed by atoms with Crippen LogP contribution in [0.1, 0.15) is 24.8 Å². The van der Waals surface area contributed by atoms with Gasteiger partial charge in [-0.3, -0.25) is 4.79 Å². The molecule has 1 N–H and O–H groups in total. The smallest absolute Gasteiger partial charge is 0.410 e. The molecule has 6 heteroatoms. The van der Waals surface area contributed by atoms with Gasteiger partial charge in [0, 0.05) is 38.3 Å². The molecular formula is C18H24N2O4. The average molecular weight is 332 g/mol. The highest BCUT2D eigenvalue weighted by molar-refractivity contribution is 5.79. The molecule has 1 aromatic rings. The maximum absolute atomic E-state index is 12.2. The minimum atomic E-state index is -0.318. The maximum atomic E-state index is 12.2. The van der Waals surface area contributed by atoms with E-state index in [2.05, 4.69) is 5.32 Å². The number of benzene rings is 1. The van der Waals surface area contributed by atoms with E-state index in [1.54, 1.807) is 4.90 Å². The van der Waals surface area contributed by atoms with Crippen molar-refractivity contribution in [3.8, 4) is 0 Å². The Labute approximate surface area is 142 Å². The van der Waals surface area contributed by atoms with Crippen molar-refractivity contribution in [3.05, 3.63) is 35.9 Å². The summed E-state index contributed by atoms with van der Waals surface area (Å²) >= 11 is 0. The molecule has 24 heavy (non-hydrogen) atoms. The molecule has 0 bridgehead atoms. The number of ether oxygens (including phenoxy) is 2. The number of carbonyl (C=O) groups excluding carboxylic acids is 2. The first-order valence-electron chi connectivity index (χ1n) is 8.56. The number of hydrogen-bond donors (Lipinski definition) is 1. The fraction of sp³-hybridized carbons (Fsp3) is 0.556. The van der Waals surface area contributed by atoms with Crippen LogP contribution >= 0.6 is 0 Å². The van der Waals surface area contributed by atoms with Crippen molar-refractivity contribution < 1.29 is 19.1 Å². The van der Waals surface area contributed by atoms with Crippen LogP contribution in [0.2, 0.25) is 0 Å². The van der Waals surface area contributed by atoms with Crippen LogP contribution in [0.5, 0.6) is 0 Å². The third-order valence-corrected chi connectivity index (χ3v) is 4.59. The lowest BCUT2D eigenvalue weighted by atomic mass is 9.99. The highest BCUT2D eigenvalue weighted by Crippen LogP contribution is 2.17. The number of hydrogen-bond acceptors (Lipinski definition) is 4. The second-order valence-electron chi connectivity index (χ2n) is 6.37. The van der Waals surface area contributed by atoms with Gasteiger partial charge in [-0.25, -0.2) is 4.79 Å². The average Bonchev–Trinajstić information content (AvgIpc) is 3.10. The van der Waals surface area contributed by atoms with Crippen LogP contribution in [0.25, 0.3) is 0 Å². The predicted molar refractivity (Wildman–Crippen MR) is 88.3 cm³/mol. The highest BCUT2D eigenvalue weighted by Gasteiger charge is 2.30. The quantitative estimate of drug-likeness (QED) is 0.915. The van der Waals surface area contributed by atoms with Gasteiger partial charge in [-0.1, -0.05) is 30.3 Å². The van der Waals surface area contributed by atoms with E-state index < -0.39 is 0 Å². The SMILES string of the molecule is O=C(NC1CCN(C(=O)OCc2ccccc2)C1)C1CCOCC1. The van der Waals surface area contributed by atoms with Crippen LogP contribution in [0, 0.1) is 5.92 Å². The largest absolute Gasteiger partial charge is 0.445 e. The standard InChI is InChI=1S/C18H24N2O4/c21-17(15-7-10-23-11-8-15)19-16-6-9-20(12-16)18(22)24-13-14-4-2-1-3-5-14/h1-5,15-16H,6-13H2,(H,19,21). The van der Waals surface area contributed by atoms with Gasteiger partial charge < -0.3 is 19.7 Å². The molecule has 0 aromatic heterocycles. The Morgan fingerprint density at radius 3 is 2.67 bits per heavy atom. The van der Waals surface area contributed by atoms with Crippen molar-refractivity contribution in [3.63, 3.8) is 0 Å². The number of rotatable bonds is 4. The fourth-order valence-corrected chi connectivity index (χ4v) is 3.13. The summed E-state index contributed by atoms with van der Waals surface area (Å²) in [4.78, 5) is 26.0. The van der Waals surface area contributed by atoms with Crippen molar-refractivity contribution in [2.24, 2.45) is 5.92 Å². The van der Waals surface area contributed by atoms with E-state index in [1.807, 2.05) is 30.3 Å². The molecule has 0 saturated carbocycles. The summed E-state index contributed by atoms with van der Waals surface area (Å²) in [6.45, 7) is 2.71. The van der Waals surface area contributed by atoms with E-state index in [9.17, 15) is 9.59 Å². The second-order valence-corrected chi connectivity index (χ2v) is 6.37. The lowest BCUT2D eigenvalue weighted by molar-refractivity contribution is -0.128. The summed E-state index contributed by atoms with van der Waals surface area (Å²) in [5.74, 6) is 0.126. The van der Waals surface area contributed by atoms with Gasteiger partial charge in [0.2, 0.25) is 5.91 Å². The molecule has 1 unspecified atom stereocenters. The van der Waals surface area contributed by atoms with Crippen molar-refractivity contribution in [1.82, 2.24) is 10.2 Å². The van der Waals surface area contributed by atoms with E-state index in [0.717, 1.165) is 24.8 Å². The zero-order valence-electron chi connectivity index (χ0n) is 13.8. The van der Waals surface area contributed by atoms with E-state index in [0.29, 0.717) is 26.3 Å². The van der Waals surface area contributed by atoms with Crippen LogP contribution in [0.15, 0.2) is 30.3 Å². The van der Waals surface area contributed by atoms with Gasteiger partial charge in [-0.2, -0.15) is 0 Å². The van der Waals surface area contributed by atoms with E-state index in [1.165, 1.54) is 0 Å². The lowest BCUT2D eigenvalue weighted by Crippen LogP contribution is -2.42. The summed E-state index contributed by atoms with van der Waals surface area (Å²) in [5.41, 5.74) is 0.967. The maximum Gasteiger partial charge on any atom is 0.410 e. The number of amides is 2. The van der Waals surface area contributed by atoms with Crippen LogP contribution in [0.3, 0.4) is 0 Å². The Morgan fingerprint density at radius 1 is 1.17 bits per heavy atom. The number of nitrogens with zero attached hydrogens (tertiary/aromatic N) is 1. The molecule has 2 aliphatic rings. The summed E-state index contributed by atoms with van der Waals surface area (Å²) in [6.07, 6.45) is 2.01. The van der Waals surface area contributed by atoms with E-state index in [-0.39, 0.29) is 30.6 Å². The molecule has 2 amide bonds. The molecule has 6 nitrogen and oxygen atoms in total. The molecule has 1 atom stereocenters. The molecule has 130 valence electrons. The normalized spacial score (nSPS) is 21.5. The molecular weight excluding hydrogens is 308 g/mol. The molecule has 2 saturated heterocycles. The topological polar surface area (TPSA) is 67.9 Å². The van der Waals surface area contributed by atoms with Gasteiger partial charge in [-0.15, -0.1) is 0 Å². The Hall–Kier alpha value is -2.08. The first kappa shape index (κ1) is 16.8. The highest BCUT2D eigenvalue weighted by atomic mass is 16.6. The number of likely N-dealkylation sites (tertiary alicyclic amines) is 1. The van der Waals surface area contributed by atoms with Crippen LogP contribution in [-0.4, -0.2) is 49.2 Å². The summed E-state index contributed by atoms with van der Waals surface area (Å²) in [5, 5.41) is 3.06. The van der Waals surface area contributed by atoms with Gasteiger partial charge in [0.15, 0.2) is 0 Å². The molecule has 0 radical (unpaired) electrons. The third kappa shape index (κ3) is 4.47. The molecule has 1 aromatic carbocycles. The first-order valence-corrected chi connectivity index (χ1v) is 8.56. The Bertz CT molecular complexity index is 557. The Balaban J connectivity index is 1.41. The molecule has 2 aliphatic heterocycles. The third-order valence-electron chi connectivity index (χ3n) is 4.59. The zero-order valence-corrected chi connectivity index (χ0v) is 13.8. The summed E-state index contributed by atoms with van der Waals surface area (Å²) in [7, 11) is 0. The van der Waals surface area contributed by atoms with Gasteiger partial charge >= 0.3 is 6.09 Å². The number of nitrogens with one attached hydrogen (secondary N) is 1. The first-order chi connectivity index (χ1) is 11.7. The van der Waals surface area contributed by atoms with Gasteiger partial charge in [0.1, 0.15) is 6.61 Å². The van der Waals surface area contributed by atoms with Gasteiger partial charge in [-0.05, 0) is 24.8 Å². The predicted octanol–water partition coefficient (Wildman–Crippen LogP) is 1.94. The Morgan fingerprint density at radius 2 is 1.92 bits per heavy atom. The van der Waals surface area contributed by atoms with Crippen LogP contribution in [0.4, 0.5) is 4.79 Å². The van der Waals surface area contributed by atoms with Crippen molar-refractivity contribution in [1.29, 1.82) is 0 Å². The van der Waals surface area contributed by atoms with E-state index in [4.69, 9.17) is 9.47 Å². The van der Waals surface area contributed by atoms with Crippen molar-refractivity contribution >= 4 is 12.0 Å². The molecule has 3 rings (SSSR count).